The van der Waals surface area contributed by atoms with Gasteiger partial charge in [0, 0.05) is 67.4 Å². The first kappa shape index (κ1) is 34.4. The van der Waals surface area contributed by atoms with Gasteiger partial charge in [0.2, 0.25) is 0 Å². The van der Waals surface area contributed by atoms with E-state index in [0.29, 0.717) is 19.4 Å². The predicted octanol–water partition coefficient (Wildman–Crippen LogP) is 6.57. The summed E-state index contributed by atoms with van der Waals surface area (Å²) in [7, 11) is 0. The van der Waals surface area contributed by atoms with Crippen LogP contribution in [0.2, 0.25) is 0 Å². The molecule has 3 aliphatic rings. The van der Waals surface area contributed by atoms with Crippen molar-refractivity contribution in [3.05, 3.63) is 52.3 Å². The predicted molar refractivity (Wildman–Crippen MR) is 172 cm³/mol. The van der Waals surface area contributed by atoms with Crippen LogP contribution in [0.5, 0.6) is 0 Å². The first-order valence-electron chi connectivity index (χ1n) is 16.0. The van der Waals surface area contributed by atoms with Crippen LogP contribution in [0.4, 0.5) is 0 Å². The number of Topliss-reactive ketones (excluding diaryl/α,β-unsaturated/α-hetero) is 1. The maximum atomic E-state index is 13.5. The van der Waals surface area contributed by atoms with Crippen LogP contribution in [0, 0.1) is 12.3 Å². The van der Waals surface area contributed by atoms with Crippen LogP contribution in [0.1, 0.15) is 93.7 Å². The van der Waals surface area contributed by atoms with E-state index < -0.39 is 0 Å². The molecule has 0 N–H and O–H groups in total. The van der Waals surface area contributed by atoms with Gasteiger partial charge in [-0.25, -0.2) is 4.31 Å². The van der Waals surface area contributed by atoms with Crippen LogP contribution in [0.15, 0.2) is 29.2 Å². The molecule has 42 heavy (non-hydrogen) atoms. The molecule has 5 rings (SSSR count). The Bertz CT molecular complexity index is 1160. The highest BCUT2D eigenvalue weighted by molar-refractivity contribution is 7.97. The Kier molecular flexibility index (Phi) is 13.6. The largest absolute Gasteiger partial charge is 0.463 e. The number of ether oxygens (including phenoxy) is 2. The van der Waals surface area contributed by atoms with E-state index in [1.807, 2.05) is 39.6 Å². The van der Waals surface area contributed by atoms with Gasteiger partial charge in [-0.3, -0.25) is 14.5 Å². The quantitative estimate of drug-likeness (QED) is 0.239. The second kappa shape index (κ2) is 16.6. The van der Waals surface area contributed by atoms with Crippen LogP contribution in [0.25, 0.3) is 0 Å². The minimum Gasteiger partial charge on any atom is -0.463 e. The zero-order valence-electron chi connectivity index (χ0n) is 27.1. The molecule has 7 nitrogen and oxygen atoms in total. The Morgan fingerprint density at radius 2 is 1.67 bits per heavy atom. The Morgan fingerprint density at radius 1 is 1.00 bits per heavy atom. The van der Waals surface area contributed by atoms with Crippen LogP contribution in [-0.4, -0.2) is 78.1 Å². The van der Waals surface area contributed by atoms with Gasteiger partial charge >= 0.3 is 5.97 Å². The molecule has 0 unspecified atom stereocenters. The van der Waals surface area contributed by atoms with Crippen molar-refractivity contribution in [3.63, 3.8) is 0 Å². The number of hydrogen-bond acceptors (Lipinski definition) is 7. The van der Waals surface area contributed by atoms with Gasteiger partial charge in [-0.15, -0.1) is 0 Å². The molecular weight excluding hydrogens is 546 g/mol. The lowest BCUT2D eigenvalue weighted by Crippen LogP contribution is -2.38. The lowest BCUT2D eigenvalue weighted by molar-refractivity contribution is -0.145. The van der Waals surface area contributed by atoms with Crippen molar-refractivity contribution in [1.29, 1.82) is 0 Å². The number of hydrogen-bond donors (Lipinski definition) is 0. The number of benzene rings is 1. The van der Waals surface area contributed by atoms with Crippen molar-refractivity contribution in [3.8, 4) is 0 Å². The fourth-order valence-electron chi connectivity index (χ4n) is 5.97. The number of fused-ring (bicyclic) bond motifs is 1. The van der Waals surface area contributed by atoms with E-state index in [-0.39, 0.29) is 23.7 Å². The van der Waals surface area contributed by atoms with E-state index in [9.17, 15) is 9.59 Å². The van der Waals surface area contributed by atoms with Gasteiger partial charge in [-0.05, 0) is 60.7 Å². The van der Waals surface area contributed by atoms with Gasteiger partial charge in [0.15, 0.2) is 5.78 Å². The van der Waals surface area contributed by atoms with Crippen molar-refractivity contribution in [1.82, 2.24) is 13.8 Å². The average molecular weight is 600 g/mol. The summed E-state index contributed by atoms with van der Waals surface area (Å²) in [6.45, 7) is 21.0. The van der Waals surface area contributed by atoms with E-state index in [1.54, 1.807) is 0 Å². The van der Waals surface area contributed by atoms with E-state index in [4.69, 9.17) is 9.47 Å². The minimum atomic E-state index is -0.244. The SMILES string of the molecule is CC.CC.Cc1c(Cc2ccccc2SN2CCCC2)c2c(n1CC(=O)OCCN1CCOCC1)CC(C)(C)CC2=O. The normalized spacial score (nSPS) is 18.4. The third-order valence-electron chi connectivity index (χ3n) is 8.02. The number of carbonyl (C=O) groups is 2. The fourth-order valence-corrected chi connectivity index (χ4v) is 7.09. The minimum absolute atomic E-state index is 0.131. The van der Waals surface area contributed by atoms with Crippen LogP contribution >= 0.6 is 11.9 Å². The summed E-state index contributed by atoms with van der Waals surface area (Å²) in [5.74, 6) is -0.0509. The number of carbonyl (C=O) groups excluding carboxylic acids is 2. The standard InChI is InChI=1S/C30H41N3O4S.2C2H6/c1-22-24(18-23-8-4-5-9-27(23)38-32-10-6-7-11-32)29-25(19-30(2,3)20-26(29)34)33(22)21-28(35)37-17-14-31-12-15-36-16-13-31;2*1-2/h4-5,8-9H,6-7,10-21H2,1-3H3;2*1-2H3. The summed E-state index contributed by atoms with van der Waals surface area (Å²) >= 11 is 1.83. The highest BCUT2D eigenvalue weighted by Crippen LogP contribution is 2.40. The molecule has 1 aromatic heterocycles. The number of nitrogens with zero attached hydrogens (tertiary/aromatic N) is 3. The first-order valence-corrected chi connectivity index (χ1v) is 16.8. The third kappa shape index (κ3) is 8.94. The van der Waals surface area contributed by atoms with Crippen molar-refractivity contribution in [2.24, 2.45) is 5.41 Å². The Balaban J connectivity index is 0.00000116. The molecule has 1 aromatic carbocycles. The smallest absolute Gasteiger partial charge is 0.325 e. The van der Waals surface area contributed by atoms with E-state index in [0.717, 1.165) is 74.9 Å². The molecule has 234 valence electrons. The second-order valence-corrected chi connectivity index (χ2v) is 12.7. The molecule has 8 heteroatoms. The van der Waals surface area contributed by atoms with Crippen LogP contribution < -0.4 is 0 Å². The van der Waals surface area contributed by atoms with Gasteiger partial charge in [-0.2, -0.15) is 0 Å². The van der Waals surface area contributed by atoms with Gasteiger partial charge in [0.25, 0.3) is 0 Å². The zero-order valence-corrected chi connectivity index (χ0v) is 27.9. The Hall–Kier alpha value is -2.13. The molecule has 0 spiro atoms. The molecule has 2 aliphatic heterocycles. The average Bonchev–Trinajstić information content (AvgIpc) is 3.59. The van der Waals surface area contributed by atoms with Crippen molar-refractivity contribution in [2.45, 2.75) is 92.0 Å². The van der Waals surface area contributed by atoms with Gasteiger partial charge < -0.3 is 14.0 Å². The lowest BCUT2D eigenvalue weighted by atomic mass is 9.75. The topological polar surface area (TPSA) is 64.0 Å². The second-order valence-electron chi connectivity index (χ2n) is 11.6. The molecule has 0 bridgehead atoms. The van der Waals surface area contributed by atoms with Gasteiger partial charge in [0.1, 0.15) is 13.2 Å². The van der Waals surface area contributed by atoms with Crippen LogP contribution in [0.3, 0.4) is 0 Å². The molecule has 2 fully saturated rings. The van der Waals surface area contributed by atoms with Gasteiger partial charge in [0.05, 0.1) is 13.2 Å². The first-order chi connectivity index (χ1) is 20.3. The summed E-state index contributed by atoms with van der Waals surface area (Å²) < 4.78 is 15.6. The molecule has 1 aliphatic carbocycles. The highest BCUT2D eigenvalue weighted by atomic mass is 32.2. The third-order valence-corrected chi connectivity index (χ3v) is 9.23. The van der Waals surface area contributed by atoms with E-state index in [2.05, 4.69) is 58.8 Å². The molecule has 2 aromatic rings. The maximum Gasteiger partial charge on any atom is 0.325 e. The molecule has 0 atom stereocenters. The number of esters is 1. The summed E-state index contributed by atoms with van der Waals surface area (Å²) in [5, 5.41) is 0. The van der Waals surface area contributed by atoms with E-state index >= 15 is 0 Å². The number of aromatic nitrogens is 1. The van der Waals surface area contributed by atoms with Crippen molar-refractivity contribution < 1.29 is 19.1 Å². The Morgan fingerprint density at radius 3 is 2.36 bits per heavy atom. The van der Waals surface area contributed by atoms with Crippen molar-refractivity contribution >= 4 is 23.7 Å². The lowest BCUT2D eigenvalue weighted by Gasteiger charge is -2.30. The fraction of sp³-hybridized carbons (Fsp3) is 0.647. The summed E-state index contributed by atoms with van der Waals surface area (Å²) in [4.78, 5) is 30.0. The molecule has 3 heterocycles. The summed E-state index contributed by atoms with van der Waals surface area (Å²) in [6.07, 6.45) is 4.50. The van der Waals surface area contributed by atoms with Gasteiger partial charge in [-0.1, -0.05) is 59.7 Å². The zero-order chi connectivity index (χ0) is 30.7. The number of morpholine rings is 1. The molecule has 0 saturated carbocycles. The summed E-state index contributed by atoms with van der Waals surface area (Å²) in [6, 6.07) is 8.54. The highest BCUT2D eigenvalue weighted by Gasteiger charge is 2.37. The number of rotatable bonds is 9. The Labute approximate surface area is 258 Å². The maximum absolute atomic E-state index is 13.5. The number of ketones is 1. The van der Waals surface area contributed by atoms with Crippen molar-refractivity contribution in [2.75, 3.05) is 52.5 Å². The molecule has 0 amide bonds. The summed E-state index contributed by atoms with van der Waals surface area (Å²) in [5.41, 5.74) is 5.01. The molecule has 0 radical (unpaired) electrons. The van der Waals surface area contributed by atoms with Crippen LogP contribution in [-0.2, 0) is 33.7 Å². The monoisotopic (exact) mass is 599 g/mol. The molecular formula is C34H53N3O4S. The molecule has 2 saturated heterocycles. The van der Waals surface area contributed by atoms with E-state index in [1.165, 1.54) is 23.3 Å².